The molecule has 1 atom stereocenters. The molecule has 5 heteroatoms. The van der Waals surface area contributed by atoms with Gasteiger partial charge in [-0.3, -0.25) is 9.59 Å². The van der Waals surface area contributed by atoms with Crippen LogP contribution in [0.5, 0.6) is 0 Å². The summed E-state index contributed by atoms with van der Waals surface area (Å²) < 4.78 is 5.51. The third kappa shape index (κ3) is 2.21. The zero-order valence-electron chi connectivity index (χ0n) is 10.6. The first-order valence-corrected chi connectivity index (χ1v) is 6.48. The minimum absolute atomic E-state index is 0.0961. The molecule has 2 saturated heterocycles. The molecule has 100 valence electrons. The smallest absolute Gasteiger partial charge is 0.276 e. The highest BCUT2D eigenvalue weighted by atomic mass is 16.5. The topological polar surface area (TPSA) is 58.6 Å². The van der Waals surface area contributed by atoms with Gasteiger partial charge in [0.25, 0.3) is 5.91 Å². The highest BCUT2D eigenvalue weighted by molar-refractivity contribution is 5.97. The van der Waals surface area contributed by atoms with Crippen LogP contribution in [0.4, 0.5) is 0 Å². The SMILES string of the molecule is O=C1CN(Cc2ccccc2)C(=O)C2(CCCO2)N1. The van der Waals surface area contributed by atoms with Crippen LogP contribution in [-0.2, 0) is 20.9 Å². The Bertz CT molecular complexity index is 495. The standard InChI is InChI=1S/C14H16N2O3/c17-12-10-16(9-11-5-2-1-3-6-11)13(18)14(15-12)7-4-8-19-14/h1-3,5-6H,4,7-10H2,(H,15,17). The molecule has 5 nitrogen and oxygen atoms in total. The lowest BCUT2D eigenvalue weighted by atomic mass is 10.0. The minimum Gasteiger partial charge on any atom is -0.347 e. The minimum atomic E-state index is -1.11. The van der Waals surface area contributed by atoms with E-state index in [1.807, 2.05) is 30.3 Å². The fourth-order valence-electron chi connectivity index (χ4n) is 2.66. The van der Waals surface area contributed by atoms with Crippen molar-refractivity contribution in [3.8, 4) is 0 Å². The Balaban J connectivity index is 1.81. The Kier molecular flexibility index (Phi) is 2.98. The Labute approximate surface area is 111 Å². The molecular weight excluding hydrogens is 244 g/mol. The van der Waals surface area contributed by atoms with E-state index < -0.39 is 5.72 Å². The number of nitrogens with one attached hydrogen (secondary N) is 1. The van der Waals surface area contributed by atoms with Crippen molar-refractivity contribution in [2.24, 2.45) is 0 Å². The molecule has 0 aromatic heterocycles. The Hall–Kier alpha value is -1.88. The highest BCUT2D eigenvalue weighted by Crippen LogP contribution is 2.28. The Morgan fingerprint density at radius 2 is 2.05 bits per heavy atom. The molecule has 0 bridgehead atoms. The van der Waals surface area contributed by atoms with E-state index in [0.717, 1.165) is 12.0 Å². The Morgan fingerprint density at radius 1 is 1.26 bits per heavy atom. The van der Waals surface area contributed by atoms with E-state index in [4.69, 9.17) is 4.74 Å². The molecule has 2 fully saturated rings. The van der Waals surface area contributed by atoms with E-state index in [-0.39, 0.29) is 18.4 Å². The highest BCUT2D eigenvalue weighted by Gasteiger charge is 2.49. The maximum absolute atomic E-state index is 12.5. The molecule has 0 aliphatic carbocycles. The molecule has 1 aromatic carbocycles. The number of carbonyl (C=O) groups excluding carboxylic acids is 2. The van der Waals surface area contributed by atoms with Crippen molar-refractivity contribution in [3.63, 3.8) is 0 Å². The Morgan fingerprint density at radius 3 is 2.74 bits per heavy atom. The van der Waals surface area contributed by atoms with Gasteiger partial charge in [0.1, 0.15) is 6.54 Å². The fourth-order valence-corrected chi connectivity index (χ4v) is 2.66. The van der Waals surface area contributed by atoms with E-state index in [0.29, 0.717) is 19.6 Å². The summed E-state index contributed by atoms with van der Waals surface area (Å²) in [6.07, 6.45) is 1.36. The van der Waals surface area contributed by atoms with Crippen LogP contribution < -0.4 is 5.32 Å². The van der Waals surface area contributed by atoms with Crippen molar-refractivity contribution in [2.45, 2.75) is 25.1 Å². The van der Waals surface area contributed by atoms with Gasteiger partial charge in [0, 0.05) is 13.0 Å². The second-order valence-electron chi connectivity index (χ2n) is 4.97. The fraction of sp³-hybridized carbons (Fsp3) is 0.429. The van der Waals surface area contributed by atoms with Crippen LogP contribution >= 0.6 is 0 Å². The number of piperazine rings is 1. The lowest BCUT2D eigenvalue weighted by molar-refractivity contribution is -0.169. The first kappa shape index (κ1) is 12.2. The predicted molar refractivity (Wildman–Crippen MR) is 67.9 cm³/mol. The van der Waals surface area contributed by atoms with Crippen LogP contribution in [0.2, 0.25) is 0 Å². The van der Waals surface area contributed by atoms with Crippen molar-refractivity contribution in [2.75, 3.05) is 13.2 Å². The summed E-state index contributed by atoms with van der Waals surface area (Å²) in [6, 6.07) is 9.66. The summed E-state index contributed by atoms with van der Waals surface area (Å²) in [5.74, 6) is -0.286. The van der Waals surface area contributed by atoms with Crippen LogP contribution in [0.1, 0.15) is 18.4 Å². The zero-order valence-corrected chi connectivity index (χ0v) is 10.6. The molecular formula is C14H16N2O3. The number of hydrogen-bond acceptors (Lipinski definition) is 3. The summed E-state index contributed by atoms with van der Waals surface area (Å²) in [5.41, 5.74) is -0.0943. The van der Waals surface area contributed by atoms with Crippen LogP contribution in [0.3, 0.4) is 0 Å². The van der Waals surface area contributed by atoms with Crippen LogP contribution in [0.25, 0.3) is 0 Å². The van der Waals surface area contributed by atoms with E-state index >= 15 is 0 Å². The van der Waals surface area contributed by atoms with Gasteiger partial charge in [0.05, 0.1) is 6.61 Å². The lowest BCUT2D eigenvalue weighted by Gasteiger charge is -2.38. The lowest BCUT2D eigenvalue weighted by Crippen LogP contribution is -2.66. The average Bonchev–Trinajstić information content (AvgIpc) is 2.86. The maximum atomic E-state index is 12.5. The first-order chi connectivity index (χ1) is 9.20. The van der Waals surface area contributed by atoms with Gasteiger partial charge in [-0.15, -0.1) is 0 Å². The summed E-state index contributed by atoms with van der Waals surface area (Å²) >= 11 is 0. The summed E-state index contributed by atoms with van der Waals surface area (Å²) in [4.78, 5) is 25.8. The van der Waals surface area contributed by atoms with Crippen molar-refractivity contribution < 1.29 is 14.3 Å². The normalized spacial score (nSPS) is 26.8. The van der Waals surface area contributed by atoms with Crippen molar-refractivity contribution in [3.05, 3.63) is 35.9 Å². The number of nitrogens with zero attached hydrogens (tertiary/aromatic N) is 1. The number of benzene rings is 1. The van der Waals surface area contributed by atoms with Gasteiger partial charge in [0.15, 0.2) is 0 Å². The molecule has 1 aromatic rings. The second-order valence-corrected chi connectivity index (χ2v) is 4.97. The molecule has 2 heterocycles. The molecule has 2 aliphatic rings. The number of rotatable bonds is 2. The predicted octanol–water partition coefficient (Wildman–Crippen LogP) is 0.652. The molecule has 1 spiro atoms. The third-order valence-electron chi connectivity index (χ3n) is 3.55. The number of carbonyl (C=O) groups is 2. The second kappa shape index (κ2) is 4.66. The van der Waals surface area contributed by atoms with Crippen molar-refractivity contribution in [1.29, 1.82) is 0 Å². The van der Waals surface area contributed by atoms with Crippen LogP contribution in [-0.4, -0.2) is 35.6 Å². The average molecular weight is 260 g/mol. The van der Waals surface area contributed by atoms with Gasteiger partial charge in [0.2, 0.25) is 11.6 Å². The number of amides is 2. The molecule has 1 unspecified atom stereocenters. The van der Waals surface area contributed by atoms with E-state index in [1.165, 1.54) is 0 Å². The van der Waals surface area contributed by atoms with Gasteiger partial charge < -0.3 is 15.0 Å². The monoisotopic (exact) mass is 260 g/mol. The van der Waals surface area contributed by atoms with Gasteiger partial charge in [-0.1, -0.05) is 30.3 Å². The van der Waals surface area contributed by atoms with E-state index in [2.05, 4.69) is 5.32 Å². The molecule has 2 amide bonds. The third-order valence-corrected chi connectivity index (χ3v) is 3.55. The molecule has 1 N–H and O–H groups in total. The van der Waals surface area contributed by atoms with Gasteiger partial charge in [-0.25, -0.2) is 0 Å². The summed E-state index contributed by atoms with van der Waals surface area (Å²) in [5, 5.41) is 2.70. The summed E-state index contributed by atoms with van der Waals surface area (Å²) in [7, 11) is 0. The molecule has 0 saturated carbocycles. The largest absolute Gasteiger partial charge is 0.347 e. The number of hydrogen-bond donors (Lipinski definition) is 1. The quantitative estimate of drug-likeness (QED) is 0.849. The van der Waals surface area contributed by atoms with Gasteiger partial charge in [-0.05, 0) is 12.0 Å². The van der Waals surface area contributed by atoms with Crippen LogP contribution in [0.15, 0.2) is 30.3 Å². The van der Waals surface area contributed by atoms with E-state index in [1.54, 1.807) is 4.90 Å². The van der Waals surface area contributed by atoms with Crippen molar-refractivity contribution >= 4 is 11.8 Å². The van der Waals surface area contributed by atoms with Crippen LogP contribution in [0, 0.1) is 0 Å². The maximum Gasteiger partial charge on any atom is 0.276 e. The number of ether oxygens (including phenoxy) is 1. The van der Waals surface area contributed by atoms with E-state index in [9.17, 15) is 9.59 Å². The first-order valence-electron chi connectivity index (χ1n) is 6.48. The van der Waals surface area contributed by atoms with Crippen molar-refractivity contribution in [1.82, 2.24) is 10.2 Å². The van der Waals surface area contributed by atoms with Gasteiger partial charge in [-0.2, -0.15) is 0 Å². The molecule has 3 rings (SSSR count). The van der Waals surface area contributed by atoms with Gasteiger partial charge >= 0.3 is 0 Å². The zero-order chi connectivity index (χ0) is 13.3. The summed E-state index contributed by atoms with van der Waals surface area (Å²) in [6.45, 7) is 1.06. The molecule has 2 aliphatic heterocycles. The molecule has 19 heavy (non-hydrogen) atoms. The molecule has 0 radical (unpaired) electrons.